The number of sulfonamides is 1. The molecular formula is C21H30ClF2N5O3S2. The number of hydrogen-bond donors (Lipinski definition) is 4. The number of rotatable bonds is 9. The van der Waals surface area contributed by atoms with Crippen molar-refractivity contribution in [1.82, 2.24) is 9.71 Å². The minimum atomic E-state index is -3.31. The number of aromatic nitrogens is 1. The third kappa shape index (κ3) is 7.08. The first-order valence-corrected chi connectivity index (χ1v) is 13.2. The van der Waals surface area contributed by atoms with Gasteiger partial charge in [0.1, 0.15) is 22.3 Å². The molecule has 0 atom stereocenters. The van der Waals surface area contributed by atoms with Gasteiger partial charge in [-0.15, -0.1) is 12.4 Å². The number of thiazole rings is 1. The molecule has 8 nitrogen and oxygen atoms in total. The Balaban J connectivity index is 0.00000408. The Morgan fingerprint density at radius 3 is 2.26 bits per heavy atom. The summed E-state index contributed by atoms with van der Waals surface area (Å²) >= 11 is 0.935. The van der Waals surface area contributed by atoms with E-state index in [2.05, 4.69) is 15.0 Å². The normalized spacial score (nSPS) is 18.5. The quantitative estimate of drug-likeness (QED) is 0.359. The molecule has 1 aliphatic carbocycles. The van der Waals surface area contributed by atoms with E-state index in [0.717, 1.165) is 23.5 Å². The zero-order chi connectivity index (χ0) is 24.3. The second-order valence-corrected chi connectivity index (χ2v) is 11.5. The third-order valence-electron chi connectivity index (χ3n) is 5.38. The minimum absolute atomic E-state index is 0. The van der Waals surface area contributed by atoms with E-state index in [9.17, 15) is 22.0 Å². The number of nitrogen functional groups attached to an aromatic ring is 1. The molecule has 0 amide bonds. The van der Waals surface area contributed by atoms with Gasteiger partial charge in [0.05, 0.1) is 11.3 Å². The van der Waals surface area contributed by atoms with Crippen LogP contribution in [0.15, 0.2) is 12.1 Å². The lowest BCUT2D eigenvalue weighted by atomic mass is 9.92. The maximum Gasteiger partial charge on any atom is 0.212 e. The van der Waals surface area contributed by atoms with Crippen molar-refractivity contribution in [3.8, 4) is 0 Å². The first-order valence-electron chi connectivity index (χ1n) is 10.7. The van der Waals surface area contributed by atoms with Crippen molar-refractivity contribution in [3.63, 3.8) is 0 Å². The fourth-order valence-electron chi connectivity index (χ4n) is 3.90. The van der Waals surface area contributed by atoms with E-state index in [0.29, 0.717) is 30.8 Å². The van der Waals surface area contributed by atoms with Crippen LogP contribution in [0, 0.1) is 17.6 Å². The standard InChI is InChI=1S/C21H29F2N5O3S2.ClH/c1-11(2)10-33(30,31)28-14-5-3-13(4-6-14)26-21-27-20(25)19(32-21)18(29)17-15(22)7-12(9-24)8-16(17)23;/h7-8,11,13-14,28H,3-6,9-10,24-25H2,1-2H3,(H,26,27);1H. The summed E-state index contributed by atoms with van der Waals surface area (Å²) in [5.74, 6) is -2.84. The van der Waals surface area contributed by atoms with Gasteiger partial charge in [-0.3, -0.25) is 4.79 Å². The molecule has 1 saturated carbocycles. The number of nitrogens with one attached hydrogen (secondary N) is 2. The second kappa shape index (κ2) is 11.7. The summed E-state index contributed by atoms with van der Waals surface area (Å²) in [6, 6.07) is 1.95. The molecule has 1 heterocycles. The van der Waals surface area contributed by atoms with Gasteiger partial charge in [0.15, 0.2) is 5.13 Å². The van der Waals surface area contributed by atoms with Crippen LogP contribution in [0.25, 0.3) is 0 Å². The van der Waals surface area contributed by atoms with Crippen molar-refractivity contribution in [2.24, 2.45) is 11.7 Å². The highest BCUT2D eigenvalue weighted by atomic mass is 35.5. The number of carbonyl (C=O) groups excluding carboxylic acids is 1. The molecule has 6 N–H and O–H groups in total. The molecular weight excluding hydrogens is 508 g/mol. The molecule has 0 bridgehead atoms. The van der Waals surface area contributed by atoms with Crippen LogP contribution in [0.4, 0.5) is 19.7 Å². The summed E-state index contributed by atoms with van der Waals surface area (Å²) in [5.41, 5.74) is 10.8. The van der Waals surface area contributed by atoms with Crippen LogP contribution in [0.3, 0.4) is 0 Å². The van der Waals surface area contributed by atoms with Crippen molar-refractivity contribution in [3.05, 3.63) is 39.8 Å². The second-order valence-electron chi connectivity index (χ2n) is 8.69. The molecule has 0 aliphatic heterocycles. The van der Waals surface area contributed by atoms with E-state index >= 15 is 0 Å². The average molecular weight is 538 g/mol. The van der Waals surface area contributed by atoms with Crippen LogP contribution in [0.5, 0.6) is 0 Å². The number of halogens is 3. The molecule has 3 rings (SSSR count). The van der Waals surface area contributed by atoms with Gasteiger partial charge in [-0.25, -0.2) is 26.9 Å². The van der Waals surface area contributed by atoms with Gasteiger partial charge in [-0.2, -0.15) is 0 Å². The van der Waals surface area contributed by atoms with Crippen LogP contribution < -0.4 is 21.5 Å². The van der Waals surface area contributed by atoms with E-state index in [4.69, 9.17) is 11.5 Å². The summed E-state index contributed by atoms with van der Waals surface area (Å²) < 4.78 is 55.7. The highest BCUT2D eigenvalue weighted by molar-refractivity contribution is 7.89. The fraction of sp³-hybridized carbons (Fsp3) is 0.524. The van der Waals surface area contributed by atoms with Crippen molar-refractivity contribution in [1.29, 1.82) is 0 Å². The average Bonchev–Trinajstić information content (AvgIpc) is 3.07. The minimum Gasteiger partial charge on any atom is -0.382 e. The largest absolute Gasteiger partial charge is 0.382 e. The van der Waals surface area contributed by atoms with Crippen molar-refractivity contribution < 1.29 is 22.0 Å². The van der Waals surface area contributed by atoms with E-state index in [1.165, 1.54) is 0 Å². The summed E-state index contributed by atoms with van der Waals surface area (Å²) in [6.07, 6.45) is 2.71. The van der Waals surface area contributed by atoms with Crippen LogP contribution in [-0.4, -0.2) is 37.0 Å². The number of nitrogens with two attached hydrogens (primary N) is 2. The van der Waals surface area contributed by atoms with Gasteiger partial charge in [-0.1, -0.05) is 25.2 Å². The Bertz CT molecular complexity index is 1100. The fourth-order valence-corrected chi connectivity index (χ4v) is 6.53. The Kier molecular flexibility index (Phi) is 9.78. The van der Waals surface area contributed by atoms with Gasteiger partial charge in [0, 0.05) is 18.6 Å². The van der Waals surface area contributed by atoms with Crippen LogP contribution in [0.1, 0.15) is 60.3 Å². The molecule has 13 heteroatoms. The molecule has 0 spiro atoms. The smallest absolute Gasteiger partial charge is 0.212 e. The number of nitrogens with zero attached hydrogens (tertiary/aromatic N) is 1. The Hall–Kier alpha value is -1.86. The predicted molar refractivity (Wildman–Crippen MR) is 133 cm³/mol. The lowest BCUT2D eigenvalue weighted by molar-refractivity contribution is 0.103. The van der Waals surface area contributed by atoms with Gasteiger partial charge in [-0.05, 0) is 49.3 Å². The number of ketones is 1. The maximum absolute atomic E-state index is 14.3. The zero-order valence-corrected chi connectivity index (χ0v) is 21.4. The topological polar surface area (TPSA) is 140 Å². The first-order chi connectivity index (χ1) is 15.5. The number of hydrogen-bond acceptors (Lipinski definition) is 8. The summed E-state index contributed by atoms with van der Waals surface area (Å²) in [7, 11) is -3.31. The molecule has 1 aliphatic rings. The van der Waals surface area contributed by atoms with E-state index < -0.39 is 33.0 Å². The summed E-state index contributed by atoms with van der Waals surface area (Å²) in [6.45, 7) is 3.66. The predicted octanol–water partition coefficient (Wildman–Crippen LogP) is 3.41. The van der Waals surface area contributed by atoms with Crippen molar-refractivity contribution in [2.75, 3.05) is 16.8 Å². The van der Waals surface area contributed by atoms with Gasteiger partial charge in [0.2, 0.25) is 15.8 Å². The van der Waals surface area contributed by atoms with Crippen molar-refractivity contribution in [2.45, 2.75) is 58.2 Å². The Morgan fingerprint density at radius 2 is 1.74 bits per heavy atom. The Labute approximate surface area is 208 Å². The monoisotopic (exact) mass is 537 g/mol. The highest BCUT2D eigenvalue weighted by Crippen LogP contribution is 2.31. The maximum atomic E-state index is 14.3. The summed E-state index contributed by atoms with van der Waals surface area (Å²) in [4.78, 5) is 16.8. The molecule has 1 fully saturated rings. The van der Waals surface area contributed by atoms with Crippen molar-refractivity contribution >= 4 is 50.5 Å². The number of anilines is 2. The molecule has 2 aromatic rings. The third-order valence-corrected chi connectivity index (χ3v) is 8.18. The molecule has 1 aromatic heterocycles. The summed E-state index contributed by atoms with van der Waals surface area (Å²) in [5, 5.41) is 3.58. The van der Waals surface area contributed by atoms with Gasteiger partial charge in [0.25, 0.3) is 0 Å². The molecule has 0 unspecified atom stereocenters. The molecule has 0 saturated heterocycles. The lowest BCUT2D eigenvalue weighted by Gasteiger charge is -2.29. The van der Waals surface area contributed by atoms with Gasteiger partial charge < -0.3 is 16.8 Å². The van der Waals surface area contributed by atoms with Gasteiger partial charge >= 0.3 is 0 Å². The first kappa shape index (κ1) is 28.4. The SMILES string of the molecule is CC(C)CS(=O)(=O)NC1CCC(Nc2nc(N)c(C(=O)c3c(F)cc(CN)cc3F)s2)CC1.Cl. The van der Waals surface area contributed by atoms with Crippen LogP contribution in [-0.2, 0) is 16.6 Å². The van der Waals surface area contributed by atoms with E-state index in [-0.39, 0.29) is 59.0 Å². The zero-order valence-electron chi connectivity index (χ0n) is 18.9. The number of benzene rings is 1. The van der Waals surface area contributed by atoms with E-state index in [1.54, 1.807) is 0 Å². The highest BCUT2D eigenvalue weighted by Gasteiger charge is 2.28. The van der Waals surface area contributed by atoms with E-state index in [1.807, 2.05) is 13.8 Å². The molecule has 190 valence electrons. The lowest BCUT2D eigenvalue weighted by Crippen LogP contribution is -2.41. The Morgan fingerprint density at radius 1 is 1.18 bits per heavy atom. The molecule has 1 aromatic carbocycles. The number of carbonyl (C=O) groups is 1. The van der Waals surface area contributed by atoms with Crippen LogP contribution in [0.2, 0.25) is 0 Å². The molecule has 34 heavy (non-hydrogen) atoms. The van der Waals surface area contributed by atoms with Crippen LogP contribution >= 0.6 is 23.7 Å². The molecule has 0 radical (unpaired) electrons.